The van der Waals surface area contributed by atoms with Gasteiger partial charge in [-0.3, -0.25) is 9.59 Å². The van der Waals surface area contributed by atoms with Gasteiger partial charge in [0.05, 0.1) is 31.6 Å². The number of rotatable bonds is 6. The first-order chi connectivity index (χ1) is 13.2. The van der Waals surface area contributed by atoms with E-state index in [-0.39, 0.29) is 37.4 Å². The van der Waals surface area contributed by atoms with Gasteiger partial charge in [-0.1, -0.05) is 42.5 Å². The summed E-state index contributed by atoms with van der Waals surface area (Å²) in [7, 11) is 0. The van der Waals surface area contributed by atoms with E-state index < -0.39 is 12.1 Å². The normalized spacial score (nSPS) is 25.2. The van der Waals surface area contributed by atoms with E-state index in [9.17, 15) is 14.7 Å². The Bertz CT molecular complexity index is 655. The Morgan fingerprint density at radius 2 is 1.85 bits per heavy atom. The number of carbonyl (C=O) groups excluding carboxylic acids is 2. The lowest BCUT2D eigenvalue weighted by molar-refractivity contribution is -0.137. The quantitative estimate of drug-likeness (QED) is 0.741. The van der Waals surface area contributed by atoms with Gasteiger partial charge in [0, 0.05) is 13.1 Å². The van der Waals surface area contributed by atoms with Crippen molar-refractivity contribution in [1.29, 1.82) is 0 Å². The maximum Gasteiger partial charge on any atom is 0.225 e. The third-order valence-electron chi connectivity index (χ3n) is 5.08. The molecule has 0 radical (unpaired) electrons. The average Bonchev–Trinajstić information content (AvgIpc) is 2.70. The zero-order valence-electron chi connectivity index (χ0n) is 15.5. The molecule has 3 rings (SSSR count). The molecule has 1 aromatic carbocycles. The SMILES string of the molecule is O=C(Cc1ccccc1)N[C@H]1C=C[C@@H](CC(=O)N2CCCCC2)O[C@@H]1CO. The number of aliphatic hydroxyl groups is 1. The van der Waals surface area contributed by atoms with Crippen LogP contribution in [0.3, 0.4) is 0 Å². The molecular formula is C21H28N2O4. The van der Waals surface area contributed by atoms with Crippen LogP contribution >= 0.6 is 0 Å². The summed E-state index contributed by atoms with van der Waals surface area (Å²) < 4.78 is 5.86. The number of likely N-dealkylation sites (tertiary alicyclic amines) is 1. The first kappa shape index (κ1) is 19.6. The molecule has 0 bridgehead atoms. The molecule has 2 aliphatic rings. The summed E-state index contributed by atoms with van der Waals surface area (Å²) in [4.78, 5) is 26.6. The molecular weight excluding hydrogens is 344 g/mol. The zero-order chi connectivity index (χ0) is 19.1. The first-order valence-corrected chi connectivity index (χ1v) is 9.71. The van der Waals surface area contributed by atoms with Crippen molar-refractivity contribution in [2.75, 3.05) is 19.7 Å². The van der Waals surface area contributed by atoms with Gasteiger partial charge in [0.2, 0.25) is 11.8 Å². The molecule has 0 unspecified atom stereocenters. The molecule has 27 heavy (non-hydrogen) atoms. The summed E-state index contributed by atoms with van der Waals surface area (Å²) in [6.45, 7) is 1.42. The maximum absolute atomic E-state index is 12.4. The molecule has 0 spiro atoms. The fourth-order valence-electron chi connectivity index (χ4n) is 3.60. The summed E-state index contributed by atoms with van der Waals surface area (Å²) >= 11 is 0. The van der Waals surface area contributed by atoms with Crippen LogP contribution in [-0.2, 0) is 20.7 Å². The standard InChI is InChI=1S/C21H28N2O4/c24-15-19-18(22-20(25)13-16-7-3-1-4-8-16)10-9-17(27-19)14-21(26)23-11-5-2-6-12-23/h1,3-4,7-10,17-19,24H,2,5-6,11-15H2,(H,22,25)/t17-,18-,19+/m0/s1. The van der Waals surface area contributed by atoms with Gasteiger partial charge < -0.3 is 20.1 Å². The molecule has 6 nitrogen and oxygen atoms in total. The predicted molar refractivity (Wildman–Crippen MR) is 102 cm³/mol. The summed E-state index contributed by atoms with van der Waals surface area (Å²) in [6, 6.07) is 9.11. The van der Waals surface area contributed by atoms with Crippen molar-refractivity contribution >= 4 is 11.8 Å². The smallest absolute Gasteiger partial charge is 0.225 e. The van der Waals surface area contributed by atoms with Crippen molar-refractivity contribution < 1.29 is 19.4 Å². The van der Waals surface area contributed by atoms with Gasteiger partial charge in [-0.2, -0.15) is 0 Å². The van der Waals surface area contributed by atoms with Crippen molar-refractivity contribution in [1.82, 2.24) is 10.2 Å². The van der Waals surface area contributed by atoms with E-state index in [1.54, 1.807) is 0 Å². The molecule has 0 aromatic heterocycles. The Morgan fingerprint density at radius 1 is 1.11 bits per heavy atom. The van der Waals surface area contributed by atoms with Crippen molar-refractivity contribution in [3.63, 3.8) is 0 Å². The van der Waals surface area contributed by atoms with E-state index in [2.05, 4.69) is 5.32 Å². The van der Waals surface area contributed by atoms with Crippen LogP contribution in [0.4, 0.5) is 0 Å². The van der Waals surface area contributed by atoms with Crippen LogP contribution in [0.2, 0.25) is 0 Å². The monoisotopic (exact) mass is 372 g/mol. The molecule has 2 N–H and O–H groups in total. The molecule has 2 amide bonds. The van der Waals surface area contributed by atoms with Gasteiger partial charge in [0.15, 0.2) is 0 Å². The van der Waals surface area contributed by atoms with Gasteiger partial charge >= 0.3 is 0 Å². The minimum Gasteiger partial charge on any atom is -0.394 e. The highest BCUT2D eigenvalue weighted by Crippen LogP contribution is 2.18. The minimum atomic E-state index is -0.547. The minimum absolute atomic E-state index is 0.0904. The van der Waals surface area contributed by atoms with E-state index >= 15 is 0 Å². The lowest BCUT2D eigenvalue weighted by Gasteiger charge is -2.33. The second-order valence-electron chi connectivity index (χ2n) is 7.18. The lowest BCUT2D eigenvalue weighted by Crippen LogP contribution is -2.49. The number of nitrogens with one attached hydrogen (secondary N) is 1. The van der Waals surface area contributed by atoms with Gasteiger partial charge in [-0.05, 0) is 24.8 Å². The second kappa shape index (κ2) is 9.67. The van der Waals surface area contributed by atoms with Crippen LogP contribution in [0.1, 0.15) is 31.2 Å². The summed E-state index contributed by atoms with van der Waals surface area (Å²) in [6.07, 6.45) is 6.60. The maximum atomic E-state index is 12.4. The van der Waals surface area contributed by atoms with Gasteiger partial charge in [-0.15, -0.1) is 0 Å². The average molecular weight is 372 g/mol. The molecule has 1 aromatic rings. The van der Waals surface area contributed by atoms with Crippen LogP contribution < -0.4 is 5.32 Å². The number of hydrogen-bond donors (Lipinski definition) is 2. The van der Waals surface area contributed by atoms with Crippen molar-refractivity contribution in [2.24, 2.45) is 0 Å². The highest BCUT2D eigenvalue weighted by molar-refractivity contribution is 5.79. The van der Waals surface area contributed by atoms with Gasteiger partial charge in [0.25, 0.3) is 0 Å². The van der Waals surface area contributed by atoms with Crippen molar-refractivity contribution in [2.45, 2.75) is 50.4 Å². The van der Waals surface area contributed by atoms with E-state index in [4.69, 9.17) is 4.74 Å². The summed E-state index contributed by atoms with van der Waals surface area (Å²) in [5, 5.41) is 12.6. The van der Waals surface area contributed by atoms with Crippen molar-refractivity contribution in [3.8, 4) is 0 Å². The number of piperidine rings is 1. The zero-order valence-corrected chi connectivity index (χ0v) is 15.5. The molecule has 0 saturated carbocycles. The fraction of sp³-hybridized carbons (Fsp3) is 0.524. The Labute approximate surface area is 160 Å². The number of ether oxygens (including phenoxy) is 1. The third-order valence-corrected chi connectivity index (χ3v) is 5.08. The molecule has 1 fully saturated rings. The predicted octanol–water partition coefficient (Wildman–Crippen LogP) is 1.43. The number of amides is 2. The van der Waals surface area contributed by atoms with Gasteiger partial charge in [0.1, 0.15) is 6.10 Å². The van der Waals surface area contributed by atoms with E-state index in [0.29, 0.717) is 0 Å². The number of aliphatic hydroxyl groups excluding tert-OH is 1. The molecule has 1 saturated heterocycles. The Balaban J connectivity index is 1.52. The highest BCUT2D eigenvalue weighted by atomic mass is 16.5. The first-order valence-electron chi connectivity index (χ1n) is 9.71. The molecule has 146 valence electrons. The van der Waals surface area contributed by atoms with Crippen molar-refractivity contribution in [3.05, 3.63) is 48.0 Å². The van der Waals surface area contributed by atoms with Crippen LogP contribution in [0.5, 0.6) is 0 Å². The second-order valence-corrected chi connectivity index (χ2v) is 7.18. The van der Waals surface area contributed by atoms with Crippen LogP contribution in [0.25, 0.3) is 0 Å². The van der Waals surface area contributed by atoms with Crippen LogP contribution in [0, 0.1) is 0 Å². The molecule has 2 heterocycles. The third kappa shape index (κ3) is 5.65. The Hall–Kier alpha value is -2.18. The lowest BCUT2D eigenvalue weighted by atomic mass is 10.0. The number of carbonyl (C=O) groups is 2. The fourth-order valence-corrected chi connectivity index (χ4v) is 3.60. The highest BCUT2D eigenvalue weighted by Gasteiger charge is 2.30. The molecule has 2 aliphatic heterocycles. The van der Waals surface area contributed by atoms with Crippen LogP contribution in [0.15, 0.2) is 42.5 Å². The summed E-state index contributed by atoms with van der Waals surface area (Å²) in [5.74, 6) is -0.0339. The largest absolute Gasteiger partial charge is 0.394 e. The number of nitrogens with zero attached hydrogens (tertiary/aromatic N) is 1. The Kier molecular flexibility index (Phi) is 7.01. The van der Waals surface area contributed by atoms with E-state index in [1.807, 2.05) is 47.4 Å². The summed E-state index contributed by atoms with van der Waals surface area (Å²) in [5.41, 5.74) is 0.932. The molecule has 0 aliphatic carbocycles. The molecule has 6 heteroatoms. The molecule has 3 atom stereocenters. The topological polar surface area (TPSA) is 78.9 Å². The van der Waals surface area contributed by atoms with E-state index in [0.717, 1.165) is 31.5 Å². The van der Waals surface area contributed by atoms with E-state index in [1.165, 1.54) is 6.42 Å². The number of hydrogen-bond acceptors (Lipinski definition) is 4. The van der Waals surface area contributed by atoms with Crippen LogP contribution in [-0.4, -0.2) is 59.8 Å². The van der Waals surface area contributed by atoms with Gasteiger partial charge in [-0.25, -0.2) is 0 Å². The number of benzene rings is 1. The Morgan fingerprint density at radius 3 is 2.56 bits per heavy atom.